The number of aromatic nitrogens is 1. The third kappa shape index (κ3) is 1.90. The van der Waals surface area contributed by atoms with Gasteiger partial charge in [0.1, 0.15) is 0 Å². The standard InChI is InChI=1S/C25H34N/c1-6-10-13-19-16-17-26-23(18(19)5)20-14-11-12-15-21(20)24(8-3)22(7-2)25(24,26)9-4/h11-12,14-17,22H,6-10,13H2,1-5H3/q+1. The maximum atomic E-state index is 2.71. The Morgan fingerprint density at radius 2 is 1.77 bits per heavy atom. The van der Waals surface area contributed by atoms with Crippen molar-refractivity contribution in [2.75, 3.05) is 0 Å². The van der Waals surface area contributed by atoms with Gasteiger partial charge < -0.3 is 0 Å². The Labute approximate surface area is 159 Å². The SMILES string of the molecule is CCCCc1cc[n+]2c(c1C)-c1ccccc1C1(CC)C(CC)C21CC. The van der Waals surface area contributed by atoms with E-state index in [0.29, 0.717) is 5.41 Å². The lowest BCUT2D eigenvalue weighted by molar-refractivity contribution is -0.739. The van der Waals surface area contributed by atoms with Gasteiger partial charge in [-0.3, -0.25) is 0 Å². The molecular weight excluding hydrogens is 314 g/mol. The summed E-state index contributed by atoms with van der Waals surface area (Å²) < 4.78 is 2.71. The molecule has 3 atom stereocenters. The molecule has 0 saturated heterocycles. The molecule has 0 bridgehead atoms. The van der Waals surface area contributed by atoms with Gasteiger partial charge in [0.15, 0.2) is 11.7 Å². The van der Waals surface area contributed by atoms with Crippen molar-refractivity contribution in [1.82, 2.24) is 0 Å². The molecule has 0 radical (unpaired) electrons. The van der Waals surface area contributed by atoms with E-state index in [1.54, 1.807) is 5.56 Å². The molecule has 1 fully saturated rings. The summed E-state index contributed by atoms with van der Waals surface area (Å²) in [6.07, 6.45) is 9.90. The summed E-state index contributed by atoms with van der Waals surface area (Å²) in [5, 5.41) is 0. The van der Waals surface area contributed by atoms with Crippen LogP contribution in [0.4, 0.5) is 0 Å². The van der Waals surface area contributed by atoms with Gasteiger partial charge in [-0.1, -0.05) is 52.3 Å². The number of aryl methyl sites for hydroxylation is 1. The lowest BCUT2D eigenvalue weighted by atomic mass is 9.78. The van der Waals surface area contributed by atoms with Crippen molar-refractivity contribution in [3.05, 3.63) is 53.2 Å². The minimum absolute atomic E-state index is 0.272. The second-order valence-electron chi connectivity index (χ2n) is 8.40. The highest BCUT2D eigenvalue weighted by molar-refractivity contribution is 5.71. The zero-order valence-corrected chi connectivity index (χ0v) is 17.2. The van der Waals surface area contributed by atoms with E-state index in [4.69, 9.17) is 0 Å². The summed E-state index contributed by atoms with van der Waals surface area (Å²) in [7, 11) is 0. The predicted octanol–water partition coefficient (Wildman–Crippen LogP) is 6.10. The van der Waals surface area contributed by atoms with Crippen LogP contribution in [0, 0.1) is 12.8 Å². The van der Waals surface area contributed by atoms with E-state index in [-0.39, 0.29) is 5.54 Å². The highest BCUT2D eigenvalue weighted by Crippen LogP contribution is 2.73. The Bertz CT molecular complexity index is 836. The molecule has 2 aromatic rings. The van der Waals surface area contributed by atoms with Crippen LogP contribution in [0.2, 0.25) is 0 Å². The summed E-state index contributed by atoms with van der Waals surface area (Å²) in [5.41, 5.74) is 8.24. The summed E-state index contributed by atoms with van der Waals surface area (Å²) in [6, 6.07) is 11.7. The second kappa shape index (κ2) is 6.22. The molecule has 1 heteroatoms. The number of fused-ring (bicyclic) bond motifs is 6. The number of rotatable bonds is 6. The molecular formula is C25H34N+. The van der Waals surface area contributed by atoms with Crippen LogP contribution in [-0.2, 0) is 17.4 Å². The van der Waals surface area contributed by atoms with Gasteiger partial charge in [0, 0.05) is 24.0 Å². The third-order valence-electron chi connectivity index (χ3n) is 7.76. The molecule has 0 spiro atoms. The van der Waals surface area contributed by atoms with Crippen molar-refractivity contribution in [2.45, 2.75) is 84.1 Å². The van der Waals surface area contributed by atoms with Gasteiger partial charge in [0.2, 0.25) is 5.69 Å². The monoisotopic (exact) mass is 348 g/mol. The minimum Gasteiger partial charge on any atom is -0.191 e. The van der Waals surface area contributed by atoms with Crippen molar-refractivity contribution in [3.8, 4) is 11.3 Å². The van der Waals surface area contributed by atoms with Crippen molar-refractivity contribution >= 4 is 0 Å². The summed E-state index contributed by atoms with van der Waals surface area (Å²) >= 11 is 0. The molecule has 0 N–H and O–H groups in total. The smallest absolute Gasteiger partial charge is 0.191 e. The van der Waals surface area contributed by atoms with Gasteiger partial charge >= 0.3 is 0 Å². The number of benzene rings is 1. The normalized spacial score (nSPS) is 28.3. The molecule has 138 valence electrons. The molecule has 0 amide bonds. The molecule has 1 aromatic carbocycles. The maximum Gasteiger partial charge on any atom is 0.216 e. The van der Waals surface area contributed by atoms with Crippen LogP contribution in [-0.4, -0.2) is 0 Å². The molecule has 1 nitrogen and oxygen atoms in total. The van der Waals surface area contributed by atoms with Crippen molar-refractivity contribution < 1.29 is 4.57 Å². The molecule has 2 aliphatic rings. The fraction of sp³-hybridized carbons (Fsp3) is 0.560. The number of hydrogen-bond donors (Lipinski definition) is 0. The Hall–Kier alpha value is -1.63. The first-order chi connectivity index (χ1) is 12.6. The van der Waals surface area contributed by atoms with Crippen LogP contribution in [0.1, 0.15) is 76.5 Å². The van der Waals surface area contributed by atoms with E-state index in [9.17, 15) is 0 Å². The van der Waals surface area contributed by atoms with E-state index in [0.717, 1.165) is 5.92 Å². The van der Waals surface area contributed by atoms with Gasteiger partial charge in [0.25, 0.3) is 0 Å². The highest BCUT2D eigenvalue weighted by atomic mass is 15.2. The van der Waals surface area contributed by atoms with E-state index in [1.165, 1.54) is 60.9 Å². The van der Waals surface area contributed by atoms with E-state index < -0.39 is 0 Å². The average Bonchev–Trinajstić information content (AvgIpc) is 3.31. The van der Waals surface area contributed by atoms with Gasteiger partial charge in [-0.05, 0) is 49.8 Å². The molecule has 1 aliphatic carbocycles. The number of hydrogen-bond acceptors (Lipinski definition) is 0. The van der Waals surface area contributed by atoms with E-state index in [1.807, 2.05) is 0 Å². The minimum atomic E-state index is 0.272. The van der Waals surface area contributed by atoms with Crippen LogP contribution in [0.25, 0.3) is 11.3 Å². The average molecular weight is 349 g/mol. The van der Waals surface area contributed by atoms with Crippen molar-refractivity contribution in [1.29, 1.82) is 0 Å². The predicted molar refractivity (Wildman–Crippen MR) is 109 cm³/mol. The maximum absolute atomic E-state index is 2.71. The van der Waals surface area contributed by atoms with Gasteiger partial charge in [-0.25, -0.2) is 0 Å². The fourth-order valence-corrected chi connectivity index (χ4v) is 6.71. The molecule has 3 unspecified atom stereocenters. The third-order valence-corrected chi connectivity index (χ3v) is 7.76. The number of pyridine rings is 1. The van der Waals surface area contributed by atoms with Crippen LogP contribution < -0.4 is 4.57 Å². The molecule has 2 heterocycles. The highest BCUT2D eigenvalue weighted by Gasteiger charge is 2.83. The first-order valence-corrected chi connectivity index (χ1v) is 10.8. The summed E-state index contributed by atoms with van der Waals surface area (Å²) in [6.45, 7) is 11.9. The summed E-state index contributed by atoms with van der Waals surface area (Å²) in [4.78, 5) is 0. The molecule has 1 saturated carbocycles. The first kappa shape index (κ1) is 17.8. The lowest BCUT2D eigenvalue weighted by Gasteiger charge is -2.29. The van der Waals surface area contributed by atoms with Crippen molar-refractivity contribution in [3.63, 3.8) is 0 Å². The second-order valence-corrected chi connectivity index (χ2v) is 8.40. The van der Waals surface area contributed by atoms with Gasteiger partial charge in [-0.15, -0.1) is 0 Å². The van der Waals surface area contributed by atoms with Gasteiger partial charge in [0.05, 0.1) is 11.0 Å². The zero-order valence-electron chi connectivity index (χ0n) is 17.2. The topological polar surface area (TPSA) is 3.88 Å². The lowest BCUT2D eigenvalue weighted by Crippen LogP contribution is -2.55. The first-order valence-electron chi connectivity index (χ1n) is 10.8. The zero-order chi connectivity index (χ0) is 18.5. The Kier molecular flexibility index (Phi) is 4.25. The molecule has 26 heavy (non-hydrogen) atoms. The quantitative estimate of drug-likeness (QED) is 0.555. The van der Waals surface area contributed by atoms with Crippen LogP contribution in [0.15, 0.2) is 36.5 Å². The molecule has 1 aromatic heterocycles. The van der Waals surface area contributed by atoms with E-state index >= 15 is 0 Å². The largest absolute Gasteiger partial charge is 0.216 e. The van der Waals surface area contributed by atoms with Gasteiger partial charge in [-0.2, -0.15) is 4.57 Å². The number of nitrogens with zero attached hydrogens (tertiary/aromatic N) is 1. The Balaban J connectivity index is 2.02. The molecule has 4 rings (SSSR count). The van der Waals surface area contributed by atoms with Crippen molar-refractivity contribution in [2.24, 2.45) is 5.92 Å². The summed E-state index contributed by atoms with van der Waals surface area (Å²) in [5.74, 6) is 0.748. The van der Waals surface area contributed by atoms with Crippen LogP contribution in [0.5, 0.6) is 0 Å². The molecule has 1 aliphatic heterocycles. The van der Waals surface area contributed by atoms with Crippen LogP contribution in [0.3, 0.4) is 0 Å². The van der Waals surface area contributed by atoms with Crippen LogP contribution >= 0.6 is 0 Å². The Morgan fingerprint density at radius 1 is 1.00 bits per heavy atom. The van der Waals surface area contributed by atoms with E-state index in [2.05, 4.69) is 75.7 Å². The fourth-order valence-electron chi connectivity index (χ4n) is 6.71. The Morgan fingerprint density at radius 3 is 2.42 bits per heavy atom. The number of unbranched alkanes of at least 4 members (excludes halogenated alkanes) is 1.